The third-order valence-corrected chi connectivity index (χ3v) is 2.54. The van der Waals surface area contributed by atoms with Crippen LogP contribution in [0.2, 0.25) is 0 Å². The minimum atomic E-state index is -0.608. The van der Waals surface area contributed by atoms with Gasteiger partial charge in [0.15, 0.2) is 0 Å². The van der Waals surface area contributed by atoms with Crippen LogP contribution in [0, 0.1) is 0 Å². The molecule has 0 saturated heterocycles. The molecule has 2 rings (SSSR count). The number of nitrogens with one attached hydrogen (secondary N) is 1. The molecule has 0 saturated carbocycles. The van der Waals surface area contributed by atoms with Gasteiger partial charge in [0.1, 0.15) is 6.33 Å². The monoisotopic (exact) mass is 238 g/mol. The number of allylic oxidation sites excluding steroid dienone is 1. The third kappa shape index (κ3) is 1.60. The Morgan fingerprint density at radius 2 is 2.08 bits per heavy atom. The number of hydrogen-bond acceptors (Lipinski definition) is 4. The molecule has 1 N–H and O–H groups in total. The van der Waals surface area contributed by atoms with E-state index in [4.69, 9.17) is 0 Å². The van der Waals surface area contributed by atoms with Crippen LogP contribution in [0.1, 0.15) is 5.56 Å². The average molecular weight is 239 g/mol. The average Bonchev–Trinajstić information content (AvgIpc) is 2.20. The highest BCUT2D eigenvalue weighted by molar-refractivity contribution is 9.09. The van der Waals surface area contributed by atoms with Crippen molar-refractivity contribution < 1.29 is 0 Å². The summed E-state index contributed by atoms with van der Waals surface area (Å²) in [5.41, 5.74) is 0.871. The van der Waals surface area contributed by atoms with E-state index in [0.29, 0.717) is 0 Å². The fourth-order valence-corrected chi connectivity index (χ4v) is 1.47. The molecule has 0 radical (unpaired) electrons. The standard InChI is InChI=1S/C8H7BrN4/c9-8(12-2-1-3-13-8)7-4-10-6-11-5-7/h1-6,12H. The first-order valence-electron chi connectivity index (χ1n) is 3.74. The second-order valence-electron chi connectivity index (χ2n) is 2.53. The van der Waals surface area contributed by atoms with Crippen LogP contribution in [0.5, 0.6) is 0 Å². The summed E-state index contributed by atoms with van der Waals surface area (Å²) in [6.07, 6.45) is 10.3. The zero-order chi connectivity index (χ0) is 9.15. The summed E-state index contributed by atoms with van der Waals surface area (Å²) in [5, 5.41) is 3.07. The number of halogens is 1. The van der Waals surface area contributed by atoms with Gasteiger partial charge in [0.05, 0.1) is 0 Å². The quantitative estimate of drug-likeness (QED) is 0.591. The topological polar surface area (TPSA) is 50.2 Å². The molecule has 1 atom stereocenters. The molecule has 13 heavy (non-hydrogen) atoms. The molecule has 5 heteroatoms. The fraction of sp³-hybridized carbons (Fsp3) is 0.125. The Labute approximate surface area is 83.9 Å². The van der Waals surface area contributed by atoms with Gasteiger partial charge in [0, 0.05) is 30.4 Å². The molecule has 1 unspecified atom stereocenters. The number of nitrogens with zero attached hydrogens (tertiary/aromatic N) is 3. The van der Waals surface area contributed by atoms with Gasteiger partial charge >= 0.3 is 0 Å². The van der Waals surface area contributed by atoms with Crippen LogP contribution in [0.3, 0.4) is 0 Å². The Morgan fingerprint density at radius 1 is 1.31 bits per heavy atom. The summed E-state index contributed by atoms with van der Waals surface area (Å²) in [4.78, 5) is 12.1. The van der Waals surface area contributed by atoms with Gasteiger partial charge in [-0.15, -0.1) is 0 Å². The molecule has 66 valence electrons. The van der Waals surface area contributed by atoms with Crippen LogP contribution >= 0.6 is 15.9 Å². The van der Waals surface area contributed by atoms with E-state index in [-0.39, 0.29) is 0 Å². The SMILES string of the molecule is BrC1(c2cncnc2)N=CC=CN1. The Balaban J connectivity index is 2.35. The molecule has 0 aromatic carbocycles. The lowest BCUT2D eigenvalue weighted by Crippen LogP contribution is -2.32. The second-order valence-corrected chi connectivity index (χ2v) is 3.68. The van der Waals surface area contributed by atoms with E-state index >= 15 is 0 Å². The molecule has 0 bridgehead atoms. The van der Waals surface area contributed by atoms with Crippen molar-refractivity contribution in [3.8, 4) is 0 Å². The van der Waals surface area contributed by atoms with Gasteiger partial charge in [-0.3, -0.25) is 0 Å². The molecule has 0 spiro atoms. The molecule has 0 fully saturated rings. The van der Waals surface area contributed by atoms with E-state index in [1.54, 1.807) is 18.6 Å². The van der Waals surface area contributed by atoms with Crippen LogP contribution in [0.4, 0.5) is 0 Å². The van der Waals surface area contributed by atoms with Crippen molar-refractivity contribution in [1.82, 2.24) is 15.3 Å². The molecule has 1 aliphatic rings. The fourth-order valence-electron chi connectivity index (χ4n) is 1.01. The molecular formula is C8H7BrN4. The first-order chi connectivity index (χ1) is 6.31. The van der Waals surface area contributed by atoms with Crippen LogP contribution < -0.4 is 5.32 Å². The lowest BCUT2D eigenvalue weighted by molar-refractivity contribution is 0.596. The van der Waals surface area contributed by atoms with Crippen LogP contribution in [0.25, 0.3) is 0 Å². The normalized spacial score (nSPS) is 25.6. The molecule has 1 aliphatic heterocycles. The minimum absolute atomic E-state index is 0.608. The Bertz CT molecular complexity index is 348. The number of hydrogen-bond donors (Lipinski definition) is 1. The van der Waals surface area contributed by atoms with Crippen molar-refractivity contribution >= 4 is 22.1 Å². The van der Waals surface area contributed by atoms with Gasteiger partial charge in [-0.1, -0.05) is 0 Å². The first kappa shape index (κ1) is 8.37. The first-order valence-corrected chi connectivity index (χ1v) is 4.53. The highest BCUT2D eigenvalue weighted by Gasteiger charge is 2.27. The lowest BCUT2D eigenvalue weighted by atomic mass is 10.2. The van der Waals surface area contributed by atoms with Crippen molar-refractivity contribution in [2.24, 2.45) is 4.99 Å². The molecule has 0 aliphatic carbocycles. The van der Waals surface area contributed by atoms with Crippen LogP contribution in [-0.2, 0) is 4.57 Å². The highest BCUT2D eigenvalue weighted by atomic mass is 79.9. The van der Waals surface area contributed by atoms with Gasteiger partial charge in [0.25, 0.3) is 0 Å². The van der Waals surface area contributed by atoms with Crippen LogP contribution in [-0.4, -0.2) is 16.2 Å². The number of aliphatic imine (C=N–C) groups is 1. The predicted molar refractivity (Wildman–Crippen MR) is 53.4 cm³/mol. The zero-order valence-electron chi connectivity index (χ0n) is 6.68. The Kier molecular flexibility index (Phi) is 2.10. The summed E-state index contributed by atoms with van der Waals surface area (Å²) in [5.74, 6) is 0. The number of alkyl halides is 1. The Hall–Kier alpha value is -1.23. The van der Waals surface area contributed by atoms with Gasteiger partial charge in [-0.2, -0.15) is 0 Å². The number of rotatable bonds is 1. The predicted octanol–water partition coefficient (Wildman–Crippen LogP) is 1.17. The van der Waals surface area contributed by atoms with Gasteiger partial charge < -0.3 is 5.32 Å². The van der Waals surface area contributed by atoms with E-state index < -0.39 is 4.57 Å². The van der Waals surface area contributed by atoms with Gasteiger partial charge in [0.2, 0.25) is 4.57 Å². The number of aromatic nitrogens is 2. The summed E-state index contributed by atoms with van der Waals surface area (Å²) >= 11 is 3.46. The maximum absolute atomic E-state index is 4.25. The minimum Gasteiger partial charge on any atom is -0.355 e. The molecule has 1 aromatic heterocycles. The largest absolute Gasteiger partial charge is 0.355 e. The molecule has 2 heterocycles. The summed E-state index contributed by atoms with van der Waals surface area (Å²) in [7, 11) is 0. The van der Waals surface area contributed by atoms with Crippen molar-refractivity contribution in [2.75, 3.05) is 0 Å². The van der Waals surface area contributed by atoms with E-state index in [0.717, 1.165) is 5.56 Å². The second kappa shape index (κ2) is 3.26. The maximum atomic E-state index is 4.25. The van der Waals surface area contributed by atoms with Crippen molar-refractivity contribution in [2.45, 2.75) is 4.57 Å². The van der Waals surface area contributed by atoms with E-state index in [2.05, 4.69) is 36.2 Å². The van der Waals surface area contributed by atoms with Gasteiger partial charge in [-0.05, 0) is 22.0 Å². The molecular weight excluding hydrogens is 232 g/mol. The zero-order valence-corrected chi connectivity index (χ0v) is 8.27. The maximum Gasteiger partial charge on any atom is 0.214 e. The lowest BCUT2D eigenvalue weighted by Gasteiger charge is -2.24. The summed E-state index contributed by atoms with van der Waals surface area (Å²) < 4.78 is -0.608. The van der Waals surface area contributed by atoms with Crippen molar-refractivity contribution in [1.29, 1.82) is 0 Å². The molecule has 1 aromatic rings. The van der Waals surface area contributed by atoms with Crippen molar-refractivity contribution in [3.05, 3.63) is 36.6 Å². The van der Waals surface area contributed by atoms with E-state index in [1.807, 2.05) is 12.3 Å². The van der Waals surface area contributed by atoms with Crippen molar-refractivity contribution in [3.63, 3.8) is 0 Å². The molecule has 0 amide bonds. The van der Waals surface area contributed by atoms with E-state index in [1.165, 1.54) is 6.33 Å². The van der Waals surface area contributed by atoms with Gasteiger partial charge in [-0.25, -0.2) is 15.0 Å². The summed E-state index contributed by atoms with van der Waals surface area (Å²) in [6.45, 7) is 0. The third-order valence-electron chi connectivity index (χ3n) is 1.65. The molecule has 4 nitrogen and oxygen atoms in total. The van der Waals surface area contributed by atoms with Crippen LogP contribution in [0.15, 0.2) is 36.0 Å². The Morgan fingerprint density at radius 3 is 2.69 bits per heavy atom. The smallest absolute Gasteiger partial charge is 0.214 e. The summed E-state index contributed by atoms with van der Waals surface area (Å²) in [6, 6.07) is 0. The van der Waals surface area contributed by atoms with E-state index in [9.17, 15) is 0 Å². The highest BCUT2D eigenvalue weighted by Crippen LogP contribution is 2.29.